The largest absolute Gasteiger partial charge is 0.0616 e. The molecule has 0 spiro atoms. The molecule has 0 radical (unpaired) electrons. The second kappa shape index (κ2) is 11.1. The number of hydrogen-bond donors (Lipinski definition) is 0. The average Bonchev–Trinajstić information content (AvgIpc) is 3.49. The van der Waals surface area contributed by atoms with Crippen molar-refractivity contribution in [3.8, 4) is 44.5 Å². The Labute approximate surface area is 330 Å². The molecule has 12 aromatic carbocycles. The fourth-order valence-electron chi connectivity index (χ4n) is 10.8. The van der Waals surface area contributed by atoms with Gasteiger partial charge in [-0.3, -0.25) is 0 Å². The smallest absolute Gasteiger partial charge is 0.0159 e. The minimum atomic E-state index is -0.155. The summed E-state index contributed by atoms with van der Waals surface area (Å²) in [6.07, 6.45) is 0. The van der Waals surface area contributed by atoms with Gasteiger partial charge >= 0.3 is 0 Å². The highest BCUT2D eigenvalue weighted by molar-refractivity contribution is 6.27. The van der Waals surface area contributed by atoms with Gasteiger partial charge in [-0.05, 0) is 143 Å². The molecule has 1 aliphatic rings. The van der Waals surface area contributed by atoms with E-state index in [-0.39, 0.29) is 5.41 Å². The van der Waals surface area contributed by atoms with Crippen LogP contribution in [-0.2, 0) is 5.41 Å². The third-order valence-electron chi connectivity index (χ3n) is 13.6. The normalized spacial score (nSPS) is 13.6. The molecule has 1 aliphatic carbocycles. The van der Waals surface area contributed by atoms with Crippen LogP contribution in [0, 0.1) is 0 Å². The molecule has 13 rings (SSSR count). The van der Waals surface area contributed by atoms with E-state index in [1.54, 1.807) is 0 Å². The molecule has 0 saturated carbocycles. The van der Waals surface area contributed by atoms with Gasteiger partial charge in [0.25, 0.3) is 0 Å². The first-order valence-electron chi connectivity index (χ1n) is 20.2. The van der Waals surface area contributed by atoms with E-state index in [1.165, 1.54) is 131 Å². The van der Waals surface area contributed by atoms with Crippen molar-refractivity contribution in [1.29, 1.82) is 0 Å². The minimum Gasteiger partial charge on any atom is -0.0616 e. The molecule has 0 heterocycles. The lowest BCUT2D eigenvalue weighted by Crippen LogP contribution is -2.15. The van der Waals surface area contributed by atoms with Gasteiger partial charge in [0, 0.05) is 5.41 Å². The number of fused-ring (bicyclic) bond motifs is 4. The number of benzene rings is 12. The SMILES string of the molecule is CC1(C)c2cc(-c3ccc(-c4ccc5ccc6cccc7ccc4c5c67)c4ccccc34)ccc2-c2ccc(-c3ccc4ccc5cccc6ccc3c4c56)cc21. The fourth-order valence-corrected chi connectivity index (χ4v) is 10.8. The van der Waals surface area contributed by atoms with Crippen molar-refractivity contribution in [3.63, 3.8) is 0 Å². The average molecular weight is 721 g/mol. The van der Waals surface area contributed by atoms with Crippen LogP contribution in [0.5, 0.6) is 0 Å². The van der Waals surface area contributed by atoms with Crippen molar-refractivity contribution < 1.29 is 0 Å². The molecule has 57 heavy (non-hydrogen) atoms. The molecule has 0 N–H and O–H groups in total. The molecule has 0 heteroatoms. The Morgan fingerprint density at radius 1 is 0.263 bits per heavy atom. The predicted octanol–water partition coefficient (Wildman–Crippen LogP) is 15.9. The van der Waals surface area contributed by atoms with E-state index in [2.05, 4.69) is 196 Å². The lowest BCUT2D eigenvalue weighted by molar-refractivity contribution is 0.661. The second-order valence-corrected chi connectivity index (χ2v) is 16.8. The van der Waals surface area contributed by atoms with Crippen molar-refractivity contribution in [1.82, 2.24) is 0 Å². The molecule has 264 valence electrons. The summed E-state index contributed by atoms with van der Waals surface area (Å²) < 4.78 is 0. The second-order valence-electron chi connectivity index (χ2n) is 16.8. The molecule has 12 aromatic rings. The van der Waals surface area contributed by atoms with E-state index in [0.717, 1.165) is 0 Å². The Morgan fingerprint density at radius 2 is 0.614 bits per heavy atom. The quantitative estimate of drug-likeness (QED) is 0.159. The van der Waals surface area contributed by atoms with Gasteiger partial charge < -0.3 is 0 Å². The number of hydrogen-bond acceptors (Lipinski definition) is 0. The van der Waals surface area contributed by atoms with Crippen LogP contribution in [0.3, 0.4) is 0 Å². The summed E-state index contributed by atoms with van der Waals surface area (Å²) in [6, 6.07) is 69.0. The molecule has 0 aliphatic heterocycles. The monoisotopic (exact) mass is 720 g/mol. The molecule has 0 aromatic heterocycles. The van der Waals surface area contributed by atoms with Gasteiger partial charge in [-0.2, -0.15) is 0 Å². The van der Waals surface area contributed by atoms with Crippen LogP contribution in [0.4, 0.5) is 0 Å². The van der Waals surface area contributed by atoms with Crippen molar-refractivity contribution in [2.45, 2.75) is 19.3 Å². The molecule has 0 bridgehead atoms. The van der Waals surface area contributed by atoms with Crippen LogP contribution >= 0.6 is 0 Å². The van der Waals surface area contributed by atoms with Crippen LogP contribution in [-0.4, -0.2) is 0 Å². The van der Waals surface area contributed by atoms with Gasteiger partial charge in [0.15, 0.2) is 0 Å². The maximum Gasteiger partial charge on any atom is 0.0159 e. The zero-order valence-corrected chi connectivity index (χ0v) is 31.8. The highest BCUT2D eigenvalue weighted by Crippen LogP contribution is 2.52. The van der Waals surface area contributed by atoms with E-state index < -0.39 is 0 Å². The molecular formula is C57H36. The maximum atomic E-state index is 2.48. The van der Waals surface area contributed by atoms with Gasteiger partial charge in [0.1, 0.15) is 0 Å². The first-order chi connectivity index (χ1) is 28.0. The Kier molecular flexibility index (Phi) is 6.06. The highest BCUT2D eigenvalue weighted by atomic mass is 14.4. The molecule has 0 unspecified atom stereocenters. The van der Waals surface area contributed by atoms with Crippen molar-refractivity contribution in [2.24, 2.45) is 0 Å². The lowest BCUT2D eigenvalue weighted by Gasteiger charge is -2.23. The van der Waals surface area contributed by atoms with Crippen LogP contribution in [0.1, 0.15) is 25.0 Å². The molecule has 0 atom stereocenters. The van der Waals surface area contributed by atoms with Crippen molar-refractivity contribution >= 4 is 75.4 Å². The predicted molar refractivity (Wildman–Crippen MR) is 245 cm³/mol. The fraction of sp³-hybridized carbons (Fsp3) is 0.0526. The standard InChI is InChI=1S/C57H36/c1-57(2)51-31-39(21-25-47(51)48-26-22-40(32-52(48)57)42-23-17-37-15-13-33-7-5-9-35-19-27-49(42)55(37)53(33)35)41-29-30-45(44-12-4-3-11-43(41)44)46-24-18-38-16-14-34-8-6-10-36-20-28-50(46)56(38)54(34)36/h3-32H,1-2H3. The lowest BCUT2D eigenvalue weighted by atomic mass is 9.80. The van der Waals surface area contributed by atoms with E-state index in [9.17, 15) is 0 Å². The topological polar surface area (TPSA) is 0 Å². The summed E-state index contributed by atoms with van der Waals surface area (Å²) in [4.78, 5) is 0. The maximum absolute atomic E-state index is 2.48. The third kappa shape index (κ3) is 4.17. The first-order valence-corrected chi connectivity index (χ1v) is 20.2. The van der Waals surface area contributed by atoms with E-state index in [4.69, 9.17) is 0 Å². The Bertz CT molecular complexity index is 3620. The van der Waals surface area contributed by atoms with Crippen molar-refractivity contribution in [3.05, 3.63) is 193 Å². The Morgan fingerprint density at radius 3 is 1.16 bits per heavy atom. The molecule has 0 fully saturated rings. The summed E-state index contributed by atoms with van der Waals surface area (Å²) in [5.41, 5.74) is 13.0. The Hall–Kier alpha value is -7.02. The van der Waals surface area contributed by atoms with Gasteiger partial charge in [0.2, 0.25) is 0 Å². The van der Waals surface area contributed by atoms with Crippen LogP contribution in [0.15, 0.2) is 182 Å². The minimum absolute atomic E-state index is 0.155. The summed E-state index contributed by atoms with van der Waals surface area (Å²) >= 11 is 0. The van der Waals surface area contributed by atoms with Gasteiger partial charge in [-0.25, -0.2) is 0 Å². The molecule has 0 saturated heterocycles. The zero-order chi connectivity index (χ0) is 37.6. The molecule has 0 nitrogen and oxygen atoms in total. The van der Waals surface area contributed by atoms with Crippen LogP contribution < -0.4 is 0 Å². The Balaban J connectivity index is 0.933. The summed E-state index contributed by atoms with van der Waals surface area (Å²) in [5.74, 6) is 0. The van der Waals surface area contributed by atoms with Crippen molar-refractivity contribution in [2.75, 3.05) is 0 Å². The zero-order valence-electron chi connectivity index (χ0n) is 31.8. The van der Waals surface area contributed by atoms with E-state index >= 15 is 0 Å². The highest BCUT2D eigenvalue weighted by Gasteiger charge is 2.36. The number of rotatable bonds is 3. The van der Waals surface area contributed by atoms with Gasteiger partial charge in [-0.1, -0.05) is 184 Å². The van der Waals surface area contributed by atoms with E-state index in [1.807, 2.05) is 0 Å². The van der Waals surface area contributed by atoms with Crippen LogP contribution in [0.2, 0.25) is 0 Å². The van der Waals surface area contributed by atoms with Crippen LogP contribution in [0.25, 0.3) is 120 Å². The first kappa shape index (κ1) is 31.2. The third-order valence-corrected chi connectivity index (χ3v) is 13.6. The molecular weight excluding hydrogens is 685 g/mol. The van der Waals surface area contributed by atoms with Gasteiger partial charge in [0.05, 0.1) is 0 Å². The van der Waals surface area contributed by atoms with Gasteiger partial charge in [-0.15, -0.1) is 0 Å². The summed E-state index contributed by atoms with van der Waals surface area (Å²) in [6.45, 7) is 4.81. The molecule has 0 amide bonds. The summed E-state index contributed by atoms with van der Waals surface area (Å²) in [5, 5.41) is 18.5. The summed E-state index contributed by atoms with van der Waals surface area (Å²) in [7, 11) is 0. The van der Waals surface area contributed by atoms with E-state index in [0.29, 0.717) is 0 Å².